The van der Waals surface area contributed by atoms with E-state index in [9.17, 15) is 26.4 Å². The number of halogens is 4. The van der Waals surface area contributed by atoms with Crippen molar-refractivity contribution in [3.63, 3.8) is 0 Å². The molecule has 1 rings (SSSR count). The number of carbonyl (C=O) groups excluding carboxylic acids is 1. The van der Waals surface area contributed by atoms with Gasteiger partial charge in [0, 0.05) is 0 Å². The van der Waals surface area contributed by atoms with E-state index >= 15 is 0 Å². The molecule has 0 radical (unpaired) electrons. The fourth-order valence-electron chi connectivity index (χ4n) is 1.11. The van der Waals surface area contributed by atoms with Crippen LogP contribution in [0.4, 0.5) is 13.2 Å². The Morgan fingerprint density at radius 1 is 1.33 bits per heavy atom. The molecule has 0 N–H and O–H groups in total. The summed E-state index contributed by atoms with van der Waals surface area (Å²) >= 11 is 5.01. The second kappa shape index (κ2) is 4.59. The number of hydrogen-bond donors (Lipinski definition) is 0. The van der Waals surface area contributed by atoms with Crippen LogP contribution >= 0.6 is 11.6 Å². The lowest BCUT2D eigenvalue weighted by Gasteiger charge is -2.10. The molecule has 0 amide bonds. The third-order valence-electron chi connectivity index (χ3n) is 1.91. The molecule has 0 bridgehead atoms. The molecule has 0 atom stereocenters. The average molecular weight is 298 g/mol. The lowest BCUT2D eigenvalue weighted by Crippen LogP contribution is -2.24. The van der Waals surface area contributed by atoms with E-state index in [-0.39, 0.29) is 5.56 Å². The van der Waals surface area contributed by atoms with Crippen molar-refractivity contribution >= 4 is 26.7 Å². The standard InChI is InChI=1S/C9H3ClF3NO3S/c10-8(15)6-3-5(4-14)1-2-7(6)18(16,17)9(11,12)13/h1-3H. The zero-order chi connectivity index (χ0) is 14.1. The normalized spacial score (nSPS) is 11.9. The number of alkyl halides is 3. The molecular weight excluding hydrogens is 295 g/mol. The van der Waals surface area contributed by atoms with Crippen molar-refractivity contribution in [2.24, 2.45) is 0 Å². The molecule has 0 spiro atoms. The first-order valence-corrected chi connectivity index (χ1v) is 6.02. The molecular formula is C9H3ClF3NO3S. The molecule has 0 aliphatic rings. The van der Waals surface area contributed by atoms with Gasteiger partial charge < -0.3 is 0 Å². The molecule has 0 aliphatic heterocycles. The van der Waals surface area contributed by atoms with Crippen LogP contribution in [0.2, 0.25) is 0 Å². The maximum absolute atomic E-state index is 12.3. The summed E-state index contributed by atoms with van der Waals surface area (Å²) in [5.41, 5.74) is -6.62. The molecule has 0 heterocycles. The van der Waals surface area contributed by atoms with Crippen LogP contribution in [0.1, 0.15) is 15.9 Å². The second-order valence-electron chi connectivity index (χ2n) is 3.05. The van der Waals surface area contributed by atoms with E-state index in [1.165, 1.54) is 0 Å². The van der Waals surface area contributed by atoms with Gasteiger partial charge in [0.15, 0.2) is 0 Å². The lowest BCUT2D eigenvalue weighted by molar-refractivity contribution is -0.0436. The predicted octanol–water partition coefficient (Wildman–Crippen LogP) is 2.23. The van der Waals surface area contributed by atoms with Gasteiger partial charge in [-0.05, 0) is 29.8 Å². The largest absolute Gasteiger partial charge is 0.501 e. The molecule has 0 unspecified atom stereocenters. The highest BCUT2D eigenvalue weighted by molar-refractivity contribution is 7.92. The number of rotatable bonds is 2. The Labute approximate surface area is 105 Å². The number of nitrogens with zero attached hydrogens (tertiary/aromatic N) is 1. The summed E-state index contributed by atoms with van der Waals surface area (Å²) in [6, 6.07) is 3.62. The maximum atomic E-state index is 12.3. The summed E-state index contributed by atoms with van der Waals surface area (Å²) in [6.45, 7) is 0. The van der Waals surface area contributed by atoms with Crippen molar-refractivity contribution < 1.29 is 26.4 Å². The summed E-state index contributed by atoms with van der Waals surface area (Å²) in [5.74, 6) is 0. The number of hydrogen-bond acceptors (Lipinski definition) is 4. The first-order chi connectivity index (χ1) is 8.11. The lowest BCUT2D eigenvalue weighted by atomic mass is 10.1. The molecule has 1 aromatic carbocycles. The Bertz CT molecular complexity index is 646. The molecule has 18 heavy (non-hydrogen) atoms. The van der Waals surface area contributed by atoms with Crippen LogP contribution in [0.5, 0.6) is 0 Å². The molecule has 1 aromatic rings. The highest BCUT2D eigenvalue weighted by Crippen LogP contribution is 2.33. The number of nitriles is 1. The van der Waals surface area contributed by atoms with E-state index in [1.54, 1.807) is 6.07 Å². The fraction of sp³-hybridized carbons (Fsp3) is 0.111. The van der Waals surface area contributed by atoms with Gasteiger partial charge in [0.25, 0.3) is 15.1 Å². The van der Waals surface area contributed by atoms with Gasteiger partial charge in [0.05, 0.1) is 22.1 Å². The third-order valence-corrected chi connectivity index (χ3v) is 3.66. The summed E-state index contributed by atoms with van der Waals surface area (Å²) in [5, 5.41) is 7.13. The first kappa shape index (κ1) is 14.5. The predicted molar refractivity (Wildman–Crippen MR) is 54.6 cm³/mol. The molecule has 9 heteroatoms. The van der Waals surface area contributed by atoms with Gasteiger partial charge in [-0.25, -0.2) is 8.42 Å². The molecule has 0 aliphatic carbocycles. The van der Waals surface area contributed by atoms with E-state index in [4.69, 9.17) is 16.9 Å². The van der Waals surface area contributed by atoms with E-state index < -0.39 is 31.0 Å². The first-order valence-electron chi connectivity index (χ1n) is 4.16. The average Bonchev–Trinajstić information content (AvgIpc) is 2.26. The van der Waals surface area contributed by atoms with Crippen molar-refractivity contribution in [2.45, 2.75) is 10.4 Å². The van der Waals surface area contributed by atoms with Crippen LogP contribution < -0.4 is 0 Å². The van der Waals surface area contributed by atoms with Crippen molar-refractivity contribution in [1.29, 1.82) is 5.26 Å². The third kappa shape index (κ3) is 2.47. The highest BCUT2D eigenvalue weighted by atomic mass is 35.5. The molecule has 96 valence electrons. The Kier molecular flexibility index (Phi) is 3.69. The van der Waals surface area contributed by atoms with Crippen LogP contribution in [0.15, 0.2) is 23.1 Å². The van der Waals surface area contributed by atoms with Crippen molar-refractivity contribution in [2.75, 3.05) is 0 Å². The minimum atomic E-state index is -5.69. The molecule has 0 saturated heterocycles. The Morgan fingerprint density at radius 2 is 1.89 bits per heavy atom. The van der Waals surface area contributed by atoms with Crippen molar-refractivity contribution in [3.8, 4) is 6.07 Å². The smallest absolute Gasteiger partial charge is 0.276 e. The molecule has 4 nitrogen and oxygen atoms in total. The van der Waals surface area contributed by atoms with Crippen LogP contribution in [-0.2, 0) is 9.84 Å². The van der Waals surface area contributed by atoms with Crippen LogP contribution in [0.3, 0.4) is 0 Å². The van der Waals surface area contributed by atoms with Gasteiger partial charge in [0.1, 0.15) is 0 Å². The summed E-state index contributed by atoms with van der Waals surface area (Å²) in [6.07, 6.45) is 0. The Balaban J connectivity index is 3.63. The Hall–Kier alpha value is -1.59. The van der Waals surface area contributed by atoms with E-state index in [0.717, 1.165) is 6.07 Å². The van der Waals surface area contributed by atoms with Gasteiger partial charge in [0.2, 0.25) is 0 Å². The van der Waals surface area contributed by atoms with Crippen LogP contribution in [0.25, 0.3) is 0 Å². The Morgan fingerprint density at radius 3 is 2.28 bits per heavy atom. The summed E-state index contributed by atoms with van der Waals surface area (Å²) in [4.78, 5) is 9.66. The van der Waals surface area contributed by atoms with Gasteiger partial charge in [-0.1, -0.05) is 0 Å². The quantitative estimate of drug-likeness (QED) is 0.785. The second-order valence-corrected chi connectivity index (χ2v) is 5.30. The monoisotopic (exact) mass is 297 g/mol. The SMILES string of the molecule is N#Cc1ccc(S(=O)(=O)C(F)(F)F)c(C(=O)Cl)c1. The van der Waals surface area contributed by atoms with E-state index in [0.29, 0.717) is 12.1 Å². The molecule has 0 aromatic heterocycles. The summed E-state index contributed by atoms with van der Waals surface area (Å²) < 4.78 is 59.3. The van der Waals surface area contributed by atoms with Crippen molar-refractivity contribution in [3.05, 3.63) is 29.3 Å². The minimum absolute atomic E-state index is 0.180. The molecule has 0 saturated carbocycles. The number of benzene rings is 1. The fourth-order valence-corrected chi connectivity index (χ4v) is 2.26. The minimum Gasteiger partial charge on any atom is -0.276 e. The number of sulfone groups is 1. The van der Waals surface area contributed by atoms with E-state index in [2.05, 4.69) is 0 Å². The number of carbonyl (C=O) groups is 1. The van der Waals surface area contributed by atoms with Gasteiger partial charge >= 0.3 is 5.51 Å². The maximum Gasteiger partial charge on any atom is 0.501 e. The van der Waals surface area contributed by atoms with Gasteiger partial charge in [-0.15, -0.1) is 0 Å². The van der Waals surface area contributed by atoms with Crippen LogP contribution in [0, 0.1) is 11.3 Å². The zero-order valence-electron chi connectivity index (χ0n) is 8.32. The zero-order valence-corrected chi connectivity index (χ0v) is 9.90. The van der Waals surface area contributed by atoms with E-state index in [1.807, 2.05) is 0 Å². The summed E-state index contributed by atoms with van der Waals surface area (Å²) in [7, 11) is -5.69. The van der Waals surface area contributed by atoms with Crippen molar-refractivity contribution in [1.82, 2.24) is 0 Å². The van der Waals surface area contributed by atoms with Gasteiger partial charge in [-0.3, -0.25) is 4.79 Å². The topological polar surface area (TPSA) is 75.0 Å². The highest BCUT2D eigenvalue weighted by Gasteiger charge is 2.48. The van der Waals surface area contributed by atoms with Gasteiger partial charge in [-0.2, -0.15) is 18.4 Å². The van der Waals surface area contributed by atoms with Crippen LogP contribution in [-0.4, -0.2) is 19.2 Å². The molecule has 0 fully saturated rings.